The summed E-state index contributed by atoms with van der Waals surface area (Å²) < 4.78 is 33.1. The largest absolute Gasteiger partial charge is 0.488 e. The Balaban J connectivity index is 0.000000204. The highest BCUT2D eigenvalue weighted by Crippen LogP contribution is 2.29. The average Bonchev–Trinajstić information content (AvgIpc) is 3.30. The second-order valence-electron chi connectivity index (χ2n) is 16.0. The number of carboxylic acids is 1. The summed E-state index contributed by atoms with van der Waals surface area (Å²) in [6.45, 7) is 10.9. The van der Waals surface area contributed by atoms with Crippen molar-refractivity contribution in [1.82, 2.24) is 49.7 Å². The number of likely N-dealkylation sites (tertiary alicyclic amines) is 2. The highest BCUT2D eigenvalue weighted by Gasteiger charge is 2.24. The monoisotopic (exact) mass is 974 g/mol. The molecule has 0 saturated carbocycles. The molecule has 0 bridgehead atoms. The van der Waals surface area contributed by atoms with Crippen LogP contribution < -0.4 is 30.0 Å². The molecule has 0 spiro atoms. The molecule has 6 aromatic rings. The summed E-state index contributed by atoms with van der Waals surface area (Å²) in [6, 6.07) is 9.09. The number of aromatic nitrogens is 8. The predicted molar refractivity (Wildman–Crippen MR) is 255 cm³/mol. The van der Waals surface area contributed by atoms with Crippen molar-refractivity contribution in [3.63, 3.8) is 0 Å². The molecule has 8 rings (SSSR count). The Hall–Kier alpha value is -8.44. The van der Waals surface area contributed by atoms with Crippen molar-refractivity contribution in [2.24, 2.45) is 0 Å². The molecule has 23 heteroatoms. The van der Waals surface area contributed by atoms with Gasteiger partial charge in [0, 0.05) is 58.1 Å². The van der Waals surface area contributed by atoms with Gasteiger partial charge in [0.05, 0.1) is 79.7 Å². The number of carbonyl (C=O) groups excluding carboxylic acids is 3. The quantitative estimate of drug-likeness (QED) is 0.102. The number of nitrogens with one attached hydrogen (secondary N) is 1. The number of aryl methyl sites for hydroxylation is 2. The smallest absolute Gasteiger partial charge is 0.335 e. The van der Waals surface area contributed by atoms with E-state index in [9.17, 15) is 24.3 Å². The van der Waals surface area contributed by atoms with E-state index in [1.54, 1.807) is 74.5 Å². The topological polar surface area (TPSA) is 292 Å². The van der Waals surface area contributed by atoms with Gasteiger partial charge in [0.2, 0.25) is 11.8 Å². The zero-order valence-electron chi connectivity index (χ0n) is 40.0. The van der Waals surface area contributed by atoms with Gasteiger partial charge in [-0.2, -0.15) is 0 Å². The number of nitrogen functional groups attached to an aromatic ring is 1. The van der Waals surface area contributed by atoms with Gasteiger partial charge in [-0.05, 0) is 64.8 Å². The Kier molecular flexibility index (Phi) is 18.5. The molecule has 0 radical (unpaired) electrons. The number of benzene rings is 2. The van der Waals surface area contributed by atoms with E-state index in [4.69, 9.17) is 34.2 Å². The summed E-state index contributed by atoms with van der Waals surface area (Å²) in [5.74, 6) is 0.515. The van der Waals surface area contributed by atoms with Gasteiger partial charge in [-0.25, -0.2) is 34.7 Å². The second kappa shape index (κ2) is 25.2. The van der Waals surface area contributed by atoms with Crippen LogP contribution in [0.5, 0.6) is 34.8 Å². The standard InChI is InChI=1S/C24H26N6O5.C19H21N3O6.C5H7N3/c1-15-10-27-21(12-25-15)29-23(31)17-7-18(34-16(2)14-33-3)9-19(8-17)35-22-13-26-20(11-28-22)24(32)30-5-4-6-30;1-12(11-26-2)27-14-6-13(19(24)25)7-15(8-14)28-17-10-20-16(9-21-17)18(23)22-4-3-5-22;1-4-2-8-5(6)3-7-4/h7-13,16H,4-6,14H2,1-3H3,(H,27,29,31);6-10,12H,3-5,11H2,1-2H3,(H,24,25);2-3H,1H3,(H2,6,8)/t16-;12-;/m00./s1. The van der Waals surface area contributed by atoms with Gasteiger partial charge in [-0.1, -0.05) is 0 Å². The summed E-state index contributed by atoms with van der Waals surface area (Å²) in [7, 11) is 3.13. The normalized spacial score (nSPS) is 13.3. The summed E-state index contributed by atoms with van der Waals surface area (Å²) >= 11 is 0. The maximum Gasteiger partial charge on any atom is 0.335 e. The molecule has 2 aliphatic heterocycles. The van der Waals surface area contributed by atoms with Crippen LogP contribution in [0.25, 0.3) is 0 Å². The molecular formula is C48H54N12O11. The molecule has 2 saturated heterocycles. The Labute approximate surface area is 408 Å². The van der Waals surface area contributed by atoms with Crippen LogP contribution in [0.1, 0.15) is 79.8 Å². The zero-order chi connectivity index (χ0) is 50.9. The minimum atomic E-state index is -1.11. The van der Waals surface area contributed by atoms with E-state index in [1.165, 1.54) is 49.3 Å². The van der Waals surface area contributed by atoms with Gasteiger partial charge in [0.25, 0.3) is 17.7 Å². The first-order valence-corrected chi connectivity index (χ1v) is 22.2. The van der Waals surface area contributed by atoms with Gasteiger partial charge in [-0.15, -0.1) is 0 Å². The Bertz CT molecular complexity index is 2700. The summed E-state index contributed by atoms with van der Waals surface area (Å²) in [5.41, 5.74) is 7.66. The van der Waals surface area contributed by atoms with Gasteiger partial charge in [0.15, 0.2) is 5.82 Å². The second-order valence-corrected chi connectivity index (χ2v) is 16.0. The molecule has 23 nitrogen and oxygen atoms in total. The third-order valence-corrected chi connectivity index (χ3v) is 10.00. The first-order valence-electron chi connectivity index (χ1n) is 22.2. The molecule has 4 aromatic heterocycles. The fourth-order valence-corrected chi connectivity index (χ4v) is 6.27. The molecule has 2 aromatic carbocycles. The summed E-state index contributed by atoms with van der Waals surface area (Å²) in [6.07, 6.45) is 13.1. The van der Waals surface area contributed by atoms with Crippen LogP contribution in [0.4, 0.5) is 11.6 Å². The molecule has 2 aliphatic rings. The molecule has 0 aliphatic carbocycles. The molecule has 0 unspecified atom stereocenters. The fourth-order valence-electron chi connectivity index (χ4n) is 6.27. The average molecular weight is 975 g/mol. The lowest BCUT2D eigenvalue weighted by molar-refractivity contribution is 0.0638. The van der Waals surface area contributed by atoms with E-state index in [2.05, 4.69) is 45.2 Å². The molecule has 6 heterocycles. The van der Waals surface area contributed by atoms with Crippen molar-refractivity contribution in [1.29, 1.82) is 0 Å². The van der Waals surface area contributed by atoms with Crippen LogP contribution in [-0.2, 0) is 9.47 Å². The lowest BCUT2D eigenvalue weighted by Gasteiger charge is -2.30. The van der Waals surface area contributed by atoms with Gasteiger partial charge in [-0.3, -0.25) is 24.4 Å². The minimum Gasteiger partial charge on any atom is -0.488 e. The molecule has 372 valence electrons. The summed E-state index contributed by atoms with van der Waals surface area (Å²) in [5, 5.41) is 12.0. The molecule has 2 atom stereocenters. The first-order chi connectivity index (χ1) is 34.2. The van der Waals surface area contributed by atoms with Gasteiger partial charge >= 0.3 is 5.97 Å². The van der Waals surface area contributed by atoms with Crippen molar-refractivity contribution >= 4 is 35.3 Å². The number of amides is 3. The van der Waals surface area contributed by atoms with Crippen LogP contribution >= 0.6 is 0 Å². The number of anilines is 2. The molecule has 2 fully saturated rings. The van der Waals surface area contributed by atoms with Crippen LogP contribution in [0.15, 0.2) is 86.0 Å². The molecule has 71 heavy (non-hydrogen) atoms. The van der Waals surface area contributed by atoms with E-state index in [1.807, 2.05) is 13.8 Å². The Morgan fingerprint density at radius 1 is 0.592 bits per heavy atom. The highest BCUT2D eigenvalue weighted by molar-refractivity contribution is 6.04. The van der Waals surface area contributed by atoms with Crippen molar-refractivity contribution in [2.75, 3.05) is 64.7 Å². The van der Waals surface area contributed by atoms with Crippen LogP contribution in [0.3, 0.4) is 0 Å². The van der Waals surface area contributed by atoms with Gasteiger partial charge < -0.3 is 54.4 Å². The third kappa shape index (κ3) is 15.8. The number of nitrogens with zero attached hydrogens (tertiary/aromatic N) is 10. The lowest BCUT2D eigenvalue weighted by atomic mass is 10.2. The van der Waals surface area contributed by atoms with Crippen molar-refractivity contribution in [3.05, 3.63) is 120 Å². The number of nitrogens with two attached hydrogens (primary N) is 1. The lowest BCUT2D eigenvalue weighted by Crippen LogP contribution is -2.42. The number of hydrogen-bond acceptors (Lipinski definition) is 19. The van der Waals surface area contributed by atoms with Crippen molar-refractivity contribution in [3.8, 4) is 34.8 Å². The maximum absolute atomic E-state index is 12.9. The fraction of sp³-hybridized carbons (Fsp3) is 0.333. The van der Waals surface area contributed by atoms with Crippen molar-refractivity contribution < 1.29 is 52.7 Å². The molecule has 3 amide bonds. The van der Waals surface area contributed by atoms with E-state index in [-0.39, 0.29) is 64.0 Å². The number of rotatable bonds is 17. The molecular weight excluding hydrogens is 921 g/mol. The number of hydrogen-bond donors (Lipinski definition) is 3. The summed E-state index contributed by atoms with van der Waals surface area (Å²) in [4.78, 5) is 84.6. The van der Waals surface area contributed by atoms with Crippen LogP contribution in [0.2, 0.25) is 0 Å². The van der Waals surface area contributed by atoms with Gasteiger partial charge in [0.1, 0.15) is 52.4 Å². The molecule has 4 N–H and O–H groups in total. The van der Waals surface area contributed by atoms with E-state index < -0.39 is 11.9 Å². The number of methoxy groups -OCH3 is 2. The number of ether oxygens (including phenoxy) is 6. The Morgan fingerprint density at radius 2 is 1.06 bits per heavy atom. The van der Waals surface area contributed by atoms with E-state index >= 15 is 0 Å². The Morgan fingerprint density at radius 3 is 1.44 bits per heavy atom. The zero-order valence-corrected chi connectivity index (χ0v) is 40.0. The van der Waals surface area contributed by atoms with Crippen LogP contribution in [0, 0.1) is 13.8 Å². The predicted octanol–water partition coefficient (Wildman–Crippen LogP) is 5.47. The highest BCUT2D eigenvalue weighted by atomic mass is 16.5. The number of carboxylic acid groups (broad SMARTS) is 1. The maximum atomic E-state index is 12.9. The van der Waals surface area contributed by atoms with Crippen molar-refractivity contribution in [2.45, 2.75) is 52.7 Å². The first kappa shape index (κ1) is 51.9. The van der Waals surface area contributed by atoms with Crippen LogP contribution in [-0.4, -0.2) is 144 Å². The third-order valence-electron chi connectivity index (χ3n) is 10.00. The SMILES string of the molecule is COC[C@H](C)Oc1cc(Oc2cnc(C(=O)N3CCC3)cn2)cc(C(=O)Nc2cnc(C)cn2)c1.COC[C@H](C)Oc1cc(Oc2cnc(C(=O)N3CCC3)cn2)cc(C(=O)O)c1.Cc1cnc(N)cn1. The number of aromatic carboxylic acids is 1. The van der Waals surface area contributed by atoms with E-state index in [0.29, 0.717) is 42.1 Å². The van der Waals surface area contributed by atoms with E-state index in [0.717, 1.165) is 50.4 Å². The number of carbonyl (C=O) groups is 4. The minimum absolute atomic E-state index is 0.00894.